The van der Waals surface area contributed by atoms with E-state index >= 15 is 0 Å². The lowest BCUT2D eigenvalue weighted by Crippen LogP contribution is -2.04. The number of carbonyl (C=O) groups is 1. The standard InChI is InChI=1S/C13H18O2/c1-9-7-11(3)13(8-10(9)2)15-6-5-12(4)14/h7-8H,5-6H2,1-4H3. The van der Waals surface area contributed by atoms with Gasteiger partial charge >= 0.3 is 0 Å². The van der Waals surface area contributed by atoms with Crippen LogP contribution in [0.5, 0.6) is 5.75 Å². The Kier molecular flexibility index (Phi) is 3.89. The van der Waals surface area contributed by atoms with Crippen molar-refractivity contribution in [2.75, 3.05) is 6.61 Å². The second-order valence-corrected chi connectivity index (χ2v) is 4.00. The third-order valence-corrected chi connectivity index (χ3v) is 2.50. The van der Waals surface area contributed by atoms with Crippen LogP contribution < -0.4 is 4.74 Å². The van der Waals surface area contributed by atoms with E-state index < -0.39 is 0 Å². The maximum Gasteiger partial charge on any atom is 0.133 e. The summed E-state index contributed by atoms with van der Waals surface area (Å²) in [6.45, 7) is 8.22. The molecule has 0 fully saturated rings. The molecule has 0 heterocycles. The van der Waals surface area contributed by atoms with Gasteiger partial charge in [0.15, 0.2) is 0 Å². The Hall–Kier alpha value is -1.31. The lowest BCUT2D eigenvalue weighted by atomic mass is 10.1. The van der Waals surface area contributed by atoms with Crippen molar-refractivity contribution in [1.82, 2.24) is 0 Å². The van der Waals surface area contributed by atoms with Gasteiger partial charge in [-0.25, -0.2) is 0 Å². The molecular formula is C13H18O2. The SMILES string of the molecule is CC(=O)CCOc1cc(C)c(C)cc1C. The van der Waals surface area contributed by atoms with Crippen LogP contribution in [0.3, 0.4) is 0 Å². The highest BCUT2D eigenvalue weighted by molar-refractivity contribution is 5.75. The van der Waals surface area contributed by atoms with Crippen LogP contribution in [0.4, 0.5) is 0 Å². The molecule has 0 unspecified atom stereocenters. The minimum atomic E-state index is 0.163. The van der Waals surface area contributed by atoms with Crippen molar-refractivity contribution in [3.63, 3.8) is 0 Å². The van der Waals surface area contributed by atoms with Gasteiger partial charge < -0.3 is 4.74 Å². The van der Waals surface area contributed by atoms with Crippen molar-refractivity contribution in [2.24, 2.45) is 0 Å². The highest BCUT2D eigenvalue weighted by atomic mass is 16.5. The molecule has 1 aromatic carbocycles. The third-order valence-electron chi connectivity index (χ3n) is 2.50. The number of benzene rings is 1. The zero-order valence-corrected chi connectivity index (χ0v) is 9.89. The average Bonchev–Trinajstić information content (AvgIpc) is 2.13. The smallest absolute Gasteiger partial charge is 0.133 e. The summed E-state index contributed by atoms with van der Waals surface area (Å²) >= 11 is 0. The molecule has 0 atom stereocenters. The molecule has 2 nitrogen and oxygen atoms in total. The van der Waals surface area contributed by atoms with Crippen LogP contribution in [-0.4, -0.2) is 12.4 Å². The molecule has 1 rings (SSSR count). The van der Waals surface area contributed by atoms with Crippen molar-refractivity contribution in [2.45, 2.75) is 34.1 Å². The van der Waals surface area contributed by atoms with Crippen molar-refractivity contribution in [1.29, 1.82) is 0 Å². The van der Waals surface area contributed by atoms with Gasteiger partial charge in [-0.3, -0.25) is 4.79 Å². The molecule has 15 heavy (non-hydrogen) atoms. The molecule has 1 aromatic rings. The third kappa shape index (κ3) is 3.39. The molecule has 2 heteroatoms. The predicted molar refractivity (Wildman–Crippen MR) is 61.4 cm³/mol. The van der Waals surface area contributed by atoms with Gasteiger partial charge in [-0.2, -0.15) is 0 Å². The van der Waals surface area contributed by atoms with E-state index in [1.807, 2.05) is 13.0 Å². The first-order valence-corrected chi connectivity index (χ1v) is 5.21. The monoisotopic (exact) mass is 206 g/mol. The van der Waals surface area contributed by atoms with Crippen molar-refractivity contribution in [3.8, 4) is 5.75 Å². The Morgan fingerprint density at radius 2 is 1.73 bits per heavy atom. The maximum absolute atomic E-state index is 10.8. The normalized spacial score (nSPS) is 10.1. The Bertz CT molecular complexity index is 367. The zero-order valence-electron chi connectivity index (χ0n) is 9.89. The Morgan fingerprint density at radius 1 is 1.13 bits per heavy atom. The predicted octanol–water partition coefficient (Wildman–Crippen LogP) is 2.97. The number of Topliss-reactive ketones (excluding diaryl/α,β-unsaturated/α-hetero) is 1. The quantitative estimate of drug-likeness (QED) is 0.757. The number of rotatable bonds is 4. The van der Waals surface area contributed by atoms with E-state index in [0.717, 1.165) is 11.3 Å². The van der Waals surface area contributed by atoms with Crippen molar-refractivity contribution in [3.05, 3.63) is 28.8 Å². The summed E-state index contributed by atoms with van der Waals surface area (Å²) in [5.41, 5.74) is 3.62. The maximum atomic E-state index is 10.8. The summed E-state index contributed by atoms with van der Waals surface area (Å²) in [6, 6.07) is 4.14. The van der Waals surface area contributed by atoms with Crippen LogP contribution in [0, 0.1) is 20.8 Å². The first-order chi connectivity index (χ1) is 7.00. The van der Waals surface area contributed by atoms with Gasteiger partial charge in [0.05, 0.1) is 6.61 Å². The van der Waals surface area contributed by atoms with Gasteiger partial charge in [-0.15, -0.1) is 0 Å². The largest absolute Gasteiger partial charge is 0.493 e. The van der Waals surface area contributed by atoms with Gasteiger partial charge in [0, 0.05) is 6.42 Å². The van der Waals surface area contributed by atoms with Crippen LogP contribution in [0.1, 0.15) is 30.0 Å². The zero-order chi connectivity index (χ0) is 11.4. The number of hydrogen-bond donors (Lipinski definition) is 0. The van der Waals surface area contributed by atoms with Gasteiger partial charge in [-0.05, 0) is 50.5 Å². The molecule has 0 aliphatic rings. The second kappa shape index (κ2) is 4.96. The summed E-state index contributed by atoms with van der Waals surface area (Å²) in [6.07, 6.45) is 0.479. The topological polar surface area (TPSA) is 26.3 Å². The number of aryl methyl sites for hydroxylation is 3. The minimum absolute atomic E-state index is 0.163. The fourth-order valence-electron chi connectivity index (χ4n) is 1.39. The number of ether oxygens (including phenoxy) is 1. The highest BCUT2D eigenvalue weighted by Crippen LogP contribution is 2.22. The van der Waals surface area contributed by atoms with Gasteiger partial charge in [-0.1, -0.05) is 6.07 Å². The molecule has 0 aliphatic heterocycles. The average molecular weight is 206 g/mol. The summed E-state index contributed by atoms with van der Waals surface area (Å²) in [5.74, 6) is 1.05. The Morgan fingerprint density at radius 3 is 2.33 bits per heavy atom. The van der Waals surface area contributed by atoms with E-state index in [0.29, 0.717) is 13.0 Å². The Labute approximate surface area is 91.3 Å². The first-order valence-electron chi connectivity index (χ1n) is 5.21. The van der Waals surface area contributed by atoms with E-state index in [-0.39, 0.29) is 5.78 Å². The van der Waals surface area contributed by atoms with E-state index in [4.69, 9.17) is 4.74 Å². The molecule has 0 saturated carbocycles. The van der Waals surface area contributed by atoms with Gasteiger partial charge in [0.2, 0.25) is 0 Å². The number of hydrogen-bond acceptors (Lipinski definition) is 2. The first kappa shape index (κ1) is 11.8. The number of ketones is 1. The lowest BCUT2D eigenvalue weighted by molar-refractivity contribution is -0.117. The van der Waals surface area contributed by atoms with E-state index in [1.165, 1.54) is 11.1 Å². The lowest BCUT2D eigenvalue weighted by Gasteiger charge is -2.10. The molecule has 0 radical (unpaired) electrons. The summed E-state index contributed by atoms with van der Waals surface area (Å²) in [7, 11) is 0. The van der Waals surface area contributed by atoms with Crippen LogP contribution in [0.2, 0.25) is 0 Å². The molecule has 82 valence electrons. The van der Waals surface area contributed by atoms with Crippen molar-refractivity contribution >= 4 is 5.78 Å². The molecule has 0 spiro atoms. The Balaban J connectivity index is 2.69. The van der Waals surface area contributed by atoms with E-state index in [2.05, 4.69) is 19.9 Å². The van der Waals surface area contributed by atoms with Crippen LogP contribution in [0.25, 0.3) is 0 Å². The van der Waals surface area contributed by atoms with Crippen LogP contribution in [0.15, 0.2) is 12.1 Å². The van der Waals surface area contributed by atoms with Crippen LogP contribution in [-0.2, 0) is 4.79 Å². The number of carbonyl (C=O) groups excluding carboxylic acids is 1. The molecule has 0 amide bonds. The summed E-state index contributed by atoms with van der Waals surface area (Å²) in [5, 5.41) is 0. The molecule has 0 saturated heterocycles. The van der Waals surface area contributed by atoms with Crippen molar-refractivity contribution < 1.29 is 9.53 Å². The van der Waals surface area contributed by atoms with Gasteiger partial charge in [0.1, 0.15) is 11.5 Å². The fourth-order valence-corrected chi connectivity index (χ4v) is 1.39. The minimum Gasteiger partial charge on any atom is -0.493 e. The highest BCUT2D eigenvalue weighted by Gasteiger charge is 2.03. The molecular weight excluding hydrogens is 188 g/mol. The molecule has 0 aliphatic carbocycles. The molecule has 0 N–H and O–H groups in total. The fraction of sp³-hybridized carbons (Fsp3) is 0.462. The van der Waals surface area contributed by atoms with E-state index in [9.17, 15) is 4.79 Å². The second-order valence-electron chi connectivity index (χ2n) is 4.00. The molecule has 0 aromatic heterocycles. The van der Waals surface area contributed by atoms with Crippen LogP contribution >= 0.6 is 0 Å². The molecule has 0 bridgehead atoms. The summed E-state index contributed by atoms with van der Waals surface area (Å²) in [4.78, 5) is 10.8. The van der Waals surface area contributed by atoms with Gasteiger partial charge in [0.25, 0.3) is 0 Å². The van der Waals surface area contributed by atoms with E-state index in [1.54, 1.807) is 6.92 Å². The summed E-state index contributed by atoms with van der Waals surface area (Å²) < 4.78 is 5.56.